The summed E-state index contributed by atoms with van der Waals surface area (Å²) in [5, 5.41) is 4.88. The maximum atomic E-state index is 5.56. The molecule has 6 aromatic rings. The van der Waals surface area contributed by atoms with Crippen LogP contribution >= 0.6 is 69.7 Å². The topological polar surface area (TPSA) is 9.23 Å². The van der Waals surface area contributed by atoms with Gasteiger partial charge < -0.3 is 4.74 Å². The minimum absolute atomic E-state index is 0.237. The first-order chi connectivity index (χ1) is 22.5. The summed E-state index contributed by atoms with van der Waals surface area (Å²) in [5.41, 5.74) is 12.1. The van der Waals surface area contributed by atoms with Crippen LogP contribution in [0, 0.1) is 13.8 Å². The number of benzene rings is 4. The van der Waals surface area contributed by atoms with Crippen molar-refractivity contribution in [1.82, 2.24) is 0 Å². The summed E-state index contributed by atoms with van der Waals surface area (Å²) >= 11 is 12.3. The quantitative estimate of drug-likeness (QED) is 0.180. The summed E-state index contributed by atoms with van der Waals surface area (Å²) in [7, 11) is 1.74. The molecule has 2 aliphatic heterocycles. The SMILES string of the molecule is CCc1ccc(-c2csc3c2-c2c(-c4ccc(OC)cc4)csc2C2(Sc4cccc(C)c4S2)C32Sc3cccc(C)c3S2)cc1. The van der Waals surface area contributed by atoms with Crippen LogP contribution in [-0.2, 0) is 14.6 Å². The fourth-order valence-corrected chi connectivity index (χ4v) is 17.9. The number of hydrogen-bond acceptors (Lipinski definition) is 7. The largest absolute Gasteiger partial charge is 0.497 e. The molecule has 2 atom stereocenters. The first-order valence-corrected chi connectivity index (χ1v) is 20.4. The van der Waals surface area contributed by atoms with Crippen LogP contribution in [0.1, 0.15) is 33.4 Å². The van der Waals surface area contributed by atoms with Crippen molar-refractivity contribution >= 4 is 69.7 Å². The Kier molecular flexibility index (Phi) is 7.09. The third-order valence-corrected chi connectivity index (χ3v) is 19.6. The molecule has 46 heavy (non-hydrogen) atoms. The maximum absolute atomic E-state index is 5.56. The lowest BCUT2D eigenvalue weighted by molar-refractivity contribution is 0.415. The summed E-state index contributed by atoms with van der Waals surface area (Å²) in [6.07, 6.45) is 1.04. The van der Waals surface area contributed by atoms with Crippen LogP contribution in [0.2, 0.25) is 0 Å². The van der Waals surface area contributed by atoms with Crippen molar-refractivity contribution < 1.29 is 4.74 Å². The molecule has 1 aliphatic carbocycles. The molecule has 3 aliphatic rings. The van der Waals surface area contributed by atoms with Crippen LogP contribution in [0.25, 0.3) is 33.4 Å². The van der Waals surface area contributed by atoms with Crippen LogP contribution in [0.15, 0.2) is 115 Å². The summed E-state index contributed by atoms with van der Waals surface area (Å²) in [5.74, 6) is 0.885. The fourth-order valence-electron chi connectivity index (χ4n) is 6.88. The standard InChI is InChI=1S/C39H30OS6/c1-5-24-12-14-25(15-13-24)28-20-41-36-32(28)33-29(26-16-18-27(40-4)19-17-26)21-42-37(33)39(44-31-11-7-9-23(3)35(31)46-39)38(36)43-30-10-6-8-22(2)34(30)45-38/h6-21H,5H2,1-4H3. The molecule has 1 nitrogen and oxygen atoms in total. The zero-order valence-corrected chi connectivity index (χ0v) is 30.7. The second kappa shape index (κ2) is 11.0. The Bertz CT molecular complexity index is 2000. The third kappa shape index (κ3) is 4.12. The first kappa shape index (κ1) is 29.6. The Morgan fingerprint density at radius 1 is 0.587 bits per heavy atom. The van der Waals surface area contributed by atoms with Gasteiger partial charge in [0, 0.05) is 51.6 Å². The number of aryl methyl sites for hydroxylation is 3. The molecule has 2 aromatic heterocycles. The molecule has 0 radical (unpaired) electrons. The van der Waals surface area contributed by atoms with Crippen molar-refractivity contribution in [2.75, 3.05) is 7.11 Å². The van der Waals surface area contributed by atoms with E-state index in [-0.39, 0.29) is 8.16 Å². The predicted octanol–water partition coefficient (Wildman–Crippen LogP) is 13.1. The van der Waals surface area contributed by atoms with Crippen molar-refractivity contribution in [3.63, 3.8) is 0 Å². The van der Waals surface area contributed by atoms with Gasteiger partial charge in [-0.1, -0.05) is 115 Å². The van der Waals surface area contributed by atoms with Gasteiger partial charge in [-0.2, -0.15) is 0 Å². The molecule has 0 amide bonds. The van der Waals surface area contributed by atoms with Crippen molar-refractivity contribution in [2.24, 2.45) is 0 Å². The molecule has 0 saturated carbocycles. The fraction of sp³-hybridized carbons (Fsp3) is 0.179. The summed E-state index contributed by atoms with van der Waals surface area (Å²) in [6.45, 7) is 6.79. The van der Waals surface area contributed by atoms with Crippen LogP contribution in [0.5, 0.6) is 5.75 Å². The first-order valence-electron chi connectivity index (χ1n) is 15.4. The lowest BCUT2D eigenvalue weighted by Crippen LogP contribution is -2.39. The second-order valence-corrected chi connectivity index (χ2v) is 19.2. The van der Waals surface area contributed by atoms with E-state index in [0.29, 0.717) is 0 Å². The normalized spacial score (nSPS) is 20.5. The van der Waals surface area contributed by atoms with Crippen molar-refractivity contribution in [2.45, 2.75) is 54.9 Å². The molecule has 0 bridgehead atoms. The number of fused-ring (bicyclic) bond motifs is 8. The van der Waals surface area contributed by atoms with E-state index in [1.165, 1.54) is 79.4 Å². The Labute approximate surface area is 295 Å². The number of thioether (sulfide) groups is 4. The van der Waals surface area contributed by atoms with Crippen LogP contribution in [0.4, 0.5) is 0 Å². The van der Waals surface area contributed by atoms with Gasteiger partial charge in [-0.3, -0.25) is 0 Å². The molecule has 2 spiro atoms. The van der Waals surface area contributed by atoms with E-state index in [9.17, 15) is 0 Å². The highest BCUT2D eigenvalue weighted by molar-refractivity contribution is 8.26. The molecular weight excluding hydrogens is 677 g/mol. The Morgan fingerprint density at radius 3 is 1.50 bits per heavy atom. The highest BCUT2D eigenvalue weighted by Crippen LogP contribution is 2.84. The van der Waals surface area contributed by atoms with Gasteiger partial charge in [-0.05, 0) is 83.1 Å². The molecular formula is C39H30OS6. The van der Waals surface area contributed by atoms with Gasteiger partial charge >= 0.3 is 0 Å². The van der Waals surface area contributed by atoms with Crippen molar-refractivity contribution in [3.8, 4) is 39.1 Å². The van der Waals surface area contributed by atoms with E-state index in [1.807, 2.05) is 22.7 Å². The maximum Gasteiger partial charge on any atom is 0.134 e. The Morgan fingerprint density at radius 2 is 1.07 bits per heavy atom. The smallest absolute Gasteiger partial charge is 0.134 e. The van der Waals surface area contributed by atoms with Gasteiger partial charge in [0.05, 0.1) is 7.11 Å². The Hall–Kier alpha value is -2.52. The second-order valence-electron chi connectivity index (χ2n) is 11.9. The molecule has 9 rings (SSSR count). The number of hydrogen-bond donors (Lipinski definition) is 0. The average molecular weight is 707 g/mol. The highest BCUT2D eigenvalue weighted by atomic mass is 32.2. The number of rotatable bonds is 4. The minimum atomic E-state index is -0.242. The van der Waals surface area contributed by atoms with Gasteiger partial charge in [0.25, 0.3) is 0 Å². The molecule has 4 aromatic carbocycles. The van der Waals surface area contributed by atoms with Gasteiger partial charge in [0.1, 0.15) is 13.9 Å². The highest BCUT2D eigenvalue weighted by Gasteiger charge is 2.67. The number of thiophene rings is 2. The van der Waals surface area contributed by atoms with Gasteiger partial charge in [-0.25, -0.2) is 0 Å². The zero-order valence-electron chi connectivity index (χ0n) is 25.8. The molecule has 228 valence electrons. The Balaban J connectivity index is 1.36. The van der Waals surface area contributed by atoms with Crippen LogP contribution in [-0.4, -0.2) is 7.11 Å². The van der Waals surface area contributed by atoms with Gasteiger partial charge in [0.15, 0.2) is 0 Å². The van der Waals surface area contributed by atoms with E-state index < -0.39 is 0 Å². The molecule has 4 heterocycles. The molecule has 7 heteroatoms. The van der Waals surface area contributed by atoms with E-state index in [2.05, 4.69) is 164 Å². The average Bonchev–Trinajstić information content (AvgIpc) is 3.88. The van der Waals surface area contributed by atoms with E-state index in [4.69, 9.17) is 4.74 Å². The summed E-state index contributed by atoms with van der Waals surface area (Å²) in [4.78, 5) is 8.64. The van der Waals surface area contributed by atoms with E-state index in [1.54, 1.807) is 7.11 Å². The monoisotopic (exact) mass is 706 g/mol. The molecule has 2 unspecified atom stereocenters. The van der Waals surface area contributed by atoms with E-state index in [0.717, 1.165) is 12.2 Å². The van der Waals surface area contributed by atoms with Crippen molar-refractivity contribution in [1.29, 1.82) is 0 Å². The zero-order chi connectivity index (χ0) is 31.2. The lowest BCUT2D eigenvalue weighted by atomic mass is 9.86. The van der Waals surface area contributed by atoms with Crippen LogP contribution in [0.3, 0.4) is 0 Å². The van der Waals surface area contributed by atoms with Gasteiger partial charge in [-0.15, -0.1) is 22.7 Å². The number of methoxy groups -OCH3 is 1. The molecule has 0 saturated heterocycles. The van der Waals surface area contributed by atoms with E-state index >= 15 is 0 Å². The van der Waals surface area contributed by atoms with Gasteiger partial charge in [0.2, 0.25) is 0 Å². The minimum Gasteiger partial charge on any atom is -0.497 e. The predicted molar refractivity (Wildman–Crippen MR) is 204 cm³/mol. The molecule has 0 fully saturated rings. The summed E-state index contributed by atoms with van der Waals surface area (Å²) in [6, 6.07) is 31.6. The van der Waals surface area contributed by atoms with Crippen molar-refractivity contribution in [3.05, 3.63) is 122 Å². The third-order valence-electron chi connectivity index (χ3n) is 9.29. The van der Waals surface area contributed by atoms with Crippen LogP contribution < -0.4 is 4.74 Å². The lowest BCUT2D eigenvalue weighted by Gasteiger charge is -2.46. The number of ether oxygens (including phenoxy) is 1. The summed E-state index contributed by atoms with van der Waals surface area (Å²) < 4.78 is 5.08. The molecule has 0 N–H and O–H groups in total.